The van der Waals surface area contributed by atoms with Crippen LogP contribution in [0.2, 0.25) is 0 Å². The van der Waals surface area contributed by atoms with Crippen LogP contribution in [-0.2, 0) is 4.79 Å². The first kappa shape index (κ1) is 7.08. The predicted molar refractivity (Wildman–Crippen MR) is 44.4 cm³/mol. The molecule has 0 spiro atoms. The van der Waals surface area contributed by atoms with E-state index >= 15 is 0 Å². The maximum absolute atomic E-state index is 11.3. The van der Waals surface area contributed by atoms with Crippen molar-refractivity contribution in [2.45, 2.75) is 44.9 Å². The molecule has 0 aliphatic heterocycles. The standard InChI is InChI=1S/C10H14O/c11-10-7-6-8-4-2-1-3-5-9(8)10/h1-7H2. The highest BCUT2D eigenvalue weighted by Crippen LogP contribution is 2.33. The summed E-state index contributed by atoms with van der Waals surface area (Å²) in [5, 5.41) is 0. The molecule has 11 heavy (non-hydrogen) atoms. The number of hydrogen-bond donors (Lipinski definition) is 0. The van der Waals surface area contributed by atoms with Gasteiger partial charge in [-0.15, -0.1) is 0 Å². The molecule has 0 heterocycles. The van der Waals surface area contributed by atoms with E-state index in [1.807, 2.05) is 0 Å². The Morgan fingerprint density at radius 2 is 1.64 bits per heavy atom. The number of Topliss-reactive ketones (excluding diaryl/α,β-unsaturated/α-hetero) is 1. The molecular formula is C10H14O. The van der Waals surface area contributed by atoms with Gasteiger partial charge < -0.3 is 0 Å². The molecule has 0 amide bonds. The predicted octanol–water partition coefficient (Wildman–Crippen LogP) is 2.61. The van der Waals surface area contributed by atoms with Gasteiger partial charge in [-0.1, -0.05) is 12.0 Å². The minimum Gasteiger partial charge on any atom is -0.295 e. The summed E-state index contributed by atoms with van der Waals surface area (Å²) in [6, 6.07) is 0. The molecule has 0 fully saturated rings. The fraction of sp³-hybridized carbons (Fsp3) is 0.700. The van der Waals surface area contributed by atoms with Crippen molar-refractivity contribution >= 4 is 5.78 Å². The molecule has 2 aliphatic rings. The Morgan fingerprint density at radius 1 is 0.818 bits per heavy atom. The Kier molecular flexibility index (Phi) is 1.80. The number of rotatable bonds is 0. The molecular weight excluding hydrogens is 136 g/mol. The molecule has 0 aromatic heterocycles. The molecule has 60 valence electrons. The van der Waals surface area contributed by atoms with Crippen molar-refractivity contribution in [2.24, 2.45) is 0 Å². The van der Waals surface area contributed by atoms with E-state index in [1.54, 1.807) is 0 Å². The Hall–Kier alpha value is -0.590. The van der Waals surface area contributed by atoms with Crippen molar-refractivity contribution in [3.05, 3.63) is 11.1 Å². The average Bonchev–Trinajstić information content (AvgIpc) is 2.25. The SMILES string of the molecule is O=C1CCC2=C1CCCCC2. The van der Waals surface area contributed by atoms with Gasteiger partial charge in [0.25, 0.3) is 0 Å². The van der Waals surface area contributed by atoms with Gasteiger partial charge in [0.2, 0.25) is 0 Å². The highest BCUT2D eigenvalue weighted by atomic mass is 16.1. The van der Waals surface area contributed by atoms with Crippen LogP contribution < -0.4 is 0 Å². The fourth-order valence-electron chi connectivity index (χ4n) is 2.17. The monoisotopic (exact) mass is 150 g/mol. The zero-order valence-corrected chi connectivity index (χ0v) is 6.86. The summed E-state index contributed by atoms with van der Waals surface area (Å²) in [4.78, 5) is 11.3. The van der Waals surface area contributed by atoms with E-state index in [1.165, 1.54) is 36.8 Å². The van der Waals surface area contributed by atoms with Crippen LogP contribution in [0.1, 0.15) is 44.9 Å². The number of carbonyl (C=O) groups excluding carboxylic acids is 1. The van der Waals surface area contributed by atoms with Gasteiger partial charge in [-0.25, -0.2) is 0 Å². The van der Waals surface area contributed by atoms with Crippen molar-refractivity contribution in [1.29, 1.82) is 0 Å². The van der Waals surface area contributed by atoms with Gasteiger partial charge in [0.15, 0.2) is 5.78 Å². The Morgan fingerprint density at radius 3 is 2.55 bits per heavy atom. The Bertz CT molecular complexity index is 213. The van der Waals surface area contributed by atoms with Gasteiger partial charge in [0, 0.05) is 6.42 Å². The lowest BCUT2D eigenvalue weighted by Gasteiger charge is -1.97. The van der Waals surface area contributed by atoms with Crippen LogP contribution in [0.3, 0.4) is 0 Å². The minimum absolute atomic E-state index is 0.446. The zero-order valence-electron chi connectivity index (χ0n) is 6.86. The summed E-state index contributed by atoms with van der Waals surface area (Å²) >= 11 is 0. The molecule has 1 heteroatoms. The summed E-state index contributed by atoms with van der Waals surface area (Å²) in [5.41, 5.74) is 2.70. The number of ketones is 1. The van der Waals surface area contributed by atoms with E-state index in [-0.39, 0.29) is 0 Å². The largest absolute Gasteiger partial charge is 0.295 e. The van der Waals surface area contributed by atoms with Crippen LogP contribution in [0, 0.1) is 0 Å². The van der Waals surface area contributed by atoms with E-state index < -0.39 is 0 Å². The van der Waals surface area contributed by atoms with E-state index in [2.05, 4.69) is 0 Å². The van der Waals surface area contributed by atoms with Gasteiger partial charge in [-0.05, 0) is 37.7 Å². The Balaban J connectivity index is 2.22. The third kappa shape index (κ3) is 1.24. The second-order valence-corrected chi connectivity index (χ2v) is 3.57. The van der Waals surface area contributed by atoms with Crippen molar-refractivity contribution in [2.75, 3.05) is 0 Å². The van der Waals surface area contributed by atoms with Crippen molar-refractivity contribution in [3.63, 3.8) is 0 Å². The molecule has 0 bridgehead atoms. The van der Waals surface area contributed by atoms with Gasteiger partial charge in [0.05, 0.1) is 0 Å². The first-order chi connectivity index (χ1) is 5.38. The second kappa shape index (κ2) is 2.80. The lowest BCUT2D eigenvalue weighted by atomic mass is 10.1. The van der Waals surface area contributed by atoms with Crippen LogP contribution >= 0.6 is 0 Å². The summed E-state index contributed by atoms with van der Waals surface area (Å²) in [6.07, 6.45) is 8.05. The molecule has 0 aromatic rings. The van der Waals surface area contributed by atoms with Crippen LogP contribution in [0.15, 0.2) is 11.1 Å². The number of allylic oxidation sites excluding steroid dienone is 2. The molecule has 0 N–H and O–H groups in total. The van der Waals surface area contributed by atoms with Crippen molar-refractivity contribution in [1.82, 2.24) is 0 Å². The molecule has 1 nitrogen and oxygen atoms in total. The third-order valence-corrected chi connectivity index (χ3v) is 2.82. The quantitative estimate of drug-likeness (QED) is 0.518. The van der Waals surface area contributed by atoms with Gasteiger partial charge in [-0.2, -0.15) is 0 Å². The van der Waals surface area contributed by atoms with E-state index in [0.29, 0.717) is 5.78 Å². The molecule has 0 saturated heterocycles. The van der Waals surface area contributed by atoms with Crippen molar-refractivity contribution < 1.29 is 4.79 Å². The maximum Gasteiger partial charge on any atom is 0.159 e. The smallest absolute Gasteiger partial charge is 0.159 e. The minimum atomic E-state index is 0.446. The lowest BCUT2D eigenvalue weighted by Crippen LogP contribution is -1.94. The summed E-state index contributed by atoms with van der Waals surface area (Å²) in [5.74, 6) is 0.446. The van der Waals surface area contributed by atoms with Crippen molar-refractivity contribution in [3.8, 4) is 0 Å². The maximum atomic E-state index is 11.3. The van der Waals surface area contributed by atoms with E-state index in [9.17, 15) is 4.79 Å². The normalized spacial score (nSPS) is 25.3. The Labute approximate surface area is 67.5 Å². The molecule has 0 radical (unpaired) electrons. The number of hydrogen-bond acceptors (Lipinski definition) is 1. The molecule has 0 atom stereocenters. The van der Waals surface area contributed by atoms with Crippen LogP contribution in [0.5, 0.6) is 0 Å². The second-order valence-electron chi connectivity index (χ2n) is 3.57. The van der Waals surface area contributed by atoms with E-state index in [4.69, 9.17) is 0 Å². The van der Waals surface area contributed by atoms with Gasteiger partial charge in [-0.3, -0.25) is 4.79 Å². The molecule has 0 aromatic carbocycles. The molecule has 2 aliphatic carbocycles. The summed E-state index contributed by atoms with van der Waals surface area (Å²) in [6.45, 7) is 0. The fourth-order valence-corrected chi connectivity index (χ4v) is 2.17. The van der Waals surface area contributed by atoms with Crippen LogP contribution in [0.4, 0.5) is 0 Å². The molecule has 0 saturated carbocycles. The average molecular weight is 150 g/mol. The number of carbonyl (C=O) groups is 1. The summed E-state index contributed by atoms with van der Waals surface area (Å²) < 4.78 is 0. The van der Waals surface area contributed by atoms with Crippen LogP contribution in [-0.4, -0.2) is 5.78 Å². The van der Waals surface area contributed by atoms with E-state index in [0.717, 1.165) is 19.3 Å². The molecule has 2 rings (SSSR count). The molecule has 0 unspecified atom stereocenters. The topological polar surface area (TPSA) is 17.1 Å². The first-order valence-corrected chi connectivity index (χ1v) is 4.62. The highest BCUT2D eigenvalue weighted by molar-refractivity contribution is 5.98. The third-order valence-electron chi connectivity index (χ3n) is 2.82. The lowest BCUT2D eigenvalue weighted by molar-refractivity contribution is -0.115. The first-order valence-electron chi connectivity index (χ1n) is 4.62. The van der Waals surface area contributed by atoms with Crippen LogP contribution in [0.25, 0.3) is 0 Å². The van der Waals surface area contributed by atoms with Gasteiger partial charge >= 0.3 is 0 Å². The summed E-state index contributed by atoms with van der Waals surface area (Å²) in [7, 11) is 0. The van der Waals surface area contributed by atoms with Gasteiger partial charge in [0.1, 0.15) is 0 Å². The zero-order chi connectivity index (χ0) is 7.68. The highest BCUT2D eigenvalue weighted by Gasteiger charge is 2.23.